The van der Waals surface area contributed by atoms with E-state index in [4.69, 9.17) is 6.42 Å². The molecule has 0 aromatic carbocycles. The van der Waals surface area contributed by atoms with Gasteiger partial charge in [0, 0.05) is 18.8 Å². The second kappa shape index (κ2) is 8.70. The lowest BCUT2D eigenvalue weighted by Gasteiger charge is -2.04. The number of nitrogens with one attached hydrogen (secondary N) is 1. The van der Waals surface area contributed by atoms with Gasteiger partial charge in [0.1, 0.15) is 0 Å². The number of hydrogen-bond acceptors (Lipinski definition) is 2. The highest BCUT2D eigenvalue weighted by Crippen LogP contribution is 1.96. The number of terminal acetylenes is 1. The maximum atomic E-state index is 5.11. The van der Waals surface area contributed by atoms with E-state index in [-0.39, 0.29) is 0 Å². The minimum atomic E-state index is 0.816. The topological polar surface area (TPSA) is 12.0 Å². The molecule has 0 aliphatic rings. The lowest BCUT2D eigenvalue weighted by Crippen LogP contribution is -2.19. The van der Waals surface area contributed by atoms with Gasteiger partial charge in [0.2, 0.25) is 0 Å². The zero-order valence-corrected chi connectivity index (χ0v) is 8.54. The largest absolute Gasteiger partial charge is 0.312 e. The van der Waals surface area contributed by atoms with Gasteiger partial charge in [-0.15, -0.1) is 18.2 Å². The molecular formula is C10H17NS. The molecule has 0 aromatic heterocycles. The van der Waals surface area contributed by atoms with Gasteiger partial charge in [0.05, 0.1) is 5.75 Å². The Kier molecular flexibility index (Phi) is 8.42. The maximum Gasteiger partial charge on any atom is 0.0545 e. The van der Waals surface area contributed by atoms with Crippen molar-refractivity contribution in [2.45, 2.75) is 13.3 Å². The smallest absolute Gasteiger partial charge is 0.0545 e. The third-order valence-electron chi connectivity index (χ3n) is 1.48. The minimum Gasteiger partial charge on any atom is -0.312 e. The summed E-state index contributed by atoms with van der Waals surface area (Å²) in [6.07, 6.45) is 6.17. The summed E-state index contributed by atoms with van der Waals surface area (Å²) in [5.74, 6) is 4.50. The van der Waals surface area contributed by atoms with Gasteiger partial charge in [-0.25, -0.2) is 0 Å². The Morgan fingerprint density at radius 2 is 2.42 bits per heavy atom. The van der Waals surface area contributed by atoms with Crippen LogP contribution in [0, 0.1) is 12.3 Å². The molecule has 0 aromatic rings. The molecule has 0 rings (SSSR count). The molecule has 0 spiro atoms. The first kappa shape index (κ1) is 11.6. The van der Waals surface area contributed by atoms with E-state index in [1.807, 2.05) is 0 Å². The first-order chi connectivity index (χ1) is 5.81. The Hall–Kier alpha value is -0.390. The SMILES string of the molecule is C#CCSCCNCC(=C)CC. The Balaban J connectivity index is 3.01. The van der Waals surface area contributed by atoms with Gasteiger partial charge >= 0.3 is 0 Å². The van der Waals surface area contributed by atoms with E-state index in [9.17, 15) is 0 Å². The van der Waals surface area contributed by atoms with Crippen molar-refractivity contribution in [1.29, 1.82) is 0 Å². The summed E-state index contributed by atoms with van der Waals surface area (Å²) in [7, 11) is 0. The molecule has 0 radical (unpaired) electrons. The van der Waals surface area contributed by atoms with Crippen molar-refractivity contribution in [3.63, 3.8) is 0 Å². The van der Waals surface area contributed by atoms with Crippen molar-refractivity contribution in [2.24, 2.45) is 0 Å². The van der Waals surface area contributed by atoms with E-state index in [2.05, 4.69) is 24.7 Å². The quantitative estimate of drug-likeness (QED) is 0.367. The van der Waals surface area contributed by atoms with Crippen molar-refractivity contribution in [2.75, 3.05) is 24.6 Å². The molecule has 0 saturated heterocycles. The van der Waals surface area contributed by atoms with E-state index in [1.54, 1.807) is 11.8 Å². The standard InChI is InChI=1S/C10H17NS/c1-4-7-12-8-6-11-9-10(3)5-2/h1,11H,3,5-9H2,2H3. The molecule has 1 nitrogen and oxygen atoms in total. The third-order valence-corrected chi connectivity index (χ3v) is 2.35. The monoisotopic (exact) mass is 183 g/mol. The van der Waals surface area contributed by atoms with Crippen molar-refractivity contribution in [3.8, 4) is 12.3 Å². The molecule has 68 valence electrons. The Bertz CT molecular complexity index is 158. The molecule has 0 fully saturated rings. The fourth-order valence-corrected chi connectivity index (χ4v) is 1.22. The molecule has 0 aliphatic heterocycles. The lowest BCUT2D eigenvalue weighted by atomic mass is 10.2. The third kappa shape index (κ3) is 7.71. The number of hydrogen-bond donors (Lipinski definition) is 1. The zero-order valence-electron chi connectivity index (χ0n) is 7.73. The first-order valence-corrected chi connectivity index (χ1v) is 5.35. The van der Waals surface area contributed by atoms with Crippen LogP contribution in [-0.4, -0.2) is 24.6 Å². The fraction of sp³-hybridized carbons (Fsp3) is 0.600. The van der Waals surface area contributed by atoms with Crippen LogP contribution in [-0.2, 0) is 0 Å². The summed E-state index contributed by atoms with van der Waals surface area (Å²) >= 11 is 1.78. The molecule has 0 saturated carbocycles. The summed E-state index contributed by atoms with van der Waals surface area (Å²) in [6.45, 7) is 7.98. The predicted molar refractivity (Wildman–Crippen MR) is 58.5 cm³/mol. The van der Waals surface area contributed by atoms with E-state index in [0.717, 1.165) is 31.0 Å². The normalized spacial score (nSPS) is 9.33. The van der Waals surface area contributed by atoms with E-state index >= 15 is 0 Å². The lowest BCUT2D eigenvalue weighted by molar-refractivity contribution is 0.766. The number of thioether (sulfide) groups is 1. The number of rotatable bonds is 7. The van der Waals surface area contributed by atoms with E-state index in [0.29, 0.717) is 0 Å². The molecule has 0 atom stereocenters. The average molecular weight is 183 g/mol. The van der Waals surface area contributed by atoms with Crippen LogP contribution in [0.15, 0.2) is 12.2 Å². The second-order valence-electron chi connectivity index (χ2n) is 2.54. The molecule has 0 aliphatic carbocycles. The van der Waals surface area contributed by atoms with Gasteiger partial charge in [-0.05, 0) is 6.42 Å². The van der Waals surface area contributed by atoms with Crippen LogP contribution < -0.4 is 5.32 Å². The summed E-state index contributed by atoms with van der Waals surface area (Å²) in [5.41, 5.74) is 1.26. The van der Waals surface area contributed by atoms with Crippen LogP contribution >= 0.6 is 11.8 Å². The van der Waals surface area contributed by atoms with Gasteiger partial charge in [-0.3, -0.25) is 0 Å². The van der Waals surface area contributed by atoms with Gasteiger partial charge in [0.15, 0.2) is 0 Å². The van der Waals surface area contributed by atoms with Crippen molar-refractivity contribution in [1.82, 2.24) is 5.32 Å². The second-order valence-corrected chi connectivity index (χ2v) is 3.64. The van der Waals surface area contributed by atoms with Crippen molar-refractivity contribution in [3.05, 3.63) is 12.2 Å². The predicted octanol–water partition coefficient (Wildman–Crippen LogP) is 1.91. The highest BCUT2D eigenvalue weighted by atomic mass is 32.2. The summed E-state index contributed by atoms with van der Waals surface area (Å²) in [5, 5.41) is 3.31. The van der Waals surface area contributed by atoms with Crippen molar-refractivity contribution < 1.29 is 0 Å². The van der Waals surface area contributed by atoms with Crippen LogP contribution in [0.3, 0.4) is 0 Å². The first-order valence-electron chi connectivity index (χ1n) is 4.19. The van der Waals surface area contributed by atoms with Gasteiger partial charge in [-0.2, -0.15) is 0 Å². The van der Waals surface area contributed by atoms with Crippen LogP contribution in [0.4, 0.5) is 0 Å². The van der Waals surface area contributed by atoms with Crippen LogP contribution in [0.5, 0.6) is 0 Å². The summed E-state index contributed by atoms with van der Waals surface area (Å²) < 4.78 is 0. The molecule has 2 heteroatoms. The molecule has 0 bridgehead atoms. The van der Waals surface area contributed by atoms with Crippen LogP contribution in [0.1, 0.15) is 13.3 Å². The van der Waals surface area contributed by atoms with Gasteiger partial charge in [-0.1, -0.05) is 25.0 Å². The average Bonchev–Trinajstić information content (AvgIpc) is 2.10. The Labute approximate surface area is 80.0 Å². The van der Waals surface area contributed by atoms with Gasteiger partial charge in [0.25, 0.3) is 0 Å². The fourth-order valence-electron chi connectivity index (χ4n) is 0.666. The Morgan fingerprint density at radius 1 is 1.67 bits per heavy atom. The van der Waals surface area contributed by atoms with Gasteiger partial charge < -0.3 is 5.32 Å². The molecule has 12 heavy (non-hydrogen) atoms. The molecule has 0 amide bonds. The molecular weight excluding hydrogens is 166 g/mol. The van der Waals surface area contributed by atoms with E-state index < -0.39 is 0 Å². The van der Waals surface area contributed by atoms with E-state index in [1.165, 1.54) is 5.57 Å². The Morgan fingerprint density at radius 3 is 3.00 bits per heavy atom. The minimum absolute atomic E-state index is 0.816. The van der Waals surface area contributed by atoms with Crippen molar-refractivity contribution >= 4 is 11.8 Å². The molecule has 1 N–H and O–H groups in total. The summed E-state index contributed by atoms with van der Waals surface area (Å²) in [4.78, 5) is 0. The van der Waals surface area contributed by atoms with Crippen LogP contribution in [0.2, 0.25) is 0 Å². The summed E-state index contributed by atoms with van der Waals surface area (Å²) in [6, 6.07) is 0. The zero-order chi connectivity index (χ0) is 9.23. The highest BCUT2D eigenvalue weighted by molar-refractivity contribution is 7.99. The van der Waals surface area contributed by atoms with Crippen LogP contribution in [0.25, 0.3) is 0 Å². The maximum absolute atomic E-state index is 5.11. The molecule has 0 unspecified atom stereocenters. The molecule has 0 heterocycles. The highest BCUT2D eigenvalue weighted by Gasteiger charge is 1.89.